The van der Waals surface area contributed by atoms with Crippen molar-refractivity contribution < 1.29 is 0 Å². The second-order valence-electron chi connectivity index (χ2n) is 6.15. The van der Waals surface area contributed by atoms with Gasteiger partial charge in [0.1, 0.15) is 0 Å². The minimum Gasteiger partial charge on any atom is -0.361 e. The largest absolute Gasteiger partial charge is 0.361 e. The van der Waals surface area contributed by atoms with Gasteiger partial charge in [0.15, 0.2) is 0 Å². The van der Waals surface area contributed by atoms with Crippen LogP contribution < -0.4 is 5.32 Å². The maximum Gasteiger partial charge on any atom is 0.0694 e. The molecule has 4 nitrogen and oxygen atoms in total. The first kappa shape index (κ1) is 14.9. The highest BCUT2D eigenvalue weighted by molar-refractivity contribution is 5.83. The van der Waals surface area contributed by atoms with Gasteiger partial charge in [0.2, 0.25) is 0 Å². The monoisotopic (exact) mass is 296 g/mol. The Labute approximate surface area is 131 Å². The molecule has 116 valence electrons. The molecular weight excluding hydrogens is 272 g/mol. The smallest absolute Gasteiger partial charge is 0.0694 e. The van der Waals surface area contributed by atoms with Crippen LogP contribution in [0, 0.1) is 0 Å². The number of nitrogens with one attached hydrogen (secondary N) is 2. The van der Waals surface area contributed by atoms with E-state index >= 15 is 0 Å². The highest BCUT2D eigenvalue weighted by Gasteiger charge is 2.10. The van der Waals surface area contributed by atoms with Gasteiger partial charge in [-0.1, -0.05) is 32.0 Å². The molecule has 0 atom stereocenters. The summed E-state index contributed by atoms with van der Waals surface area (Å²) < 4.78 is 1.91. The summed E-state index contributed by atoms with van der Waals surface area (Å²) in [4.78, 5) is 3.33. The van der Waals surface area contributed by atoms with Gasteiger partial charge in [0.05, 0.1) is 5.69 Å². The van der Waals surface area contributed by atoms with Crippen molar-refractivity contribution in [3.63, 3.8) is 0 Å². The normalized spacial score (nSPS) is 11.6. The molecule has 22 heavy (non-hydrogen) atoms. The van der Waals surface area contributed by atoms with Crippen LogP contribution in [0.15, 0.2) is 36.7 Å². The first-order chi connectivity index (χ1) is 10.6. The van der Waals surface area contributed by atoms with Gasteiger partial charge in [-0.3, -0.25) is 4.68 Å². The van der Waals surface area contributed by atoms with E-state index in [-0.39, 0.29) is 0 Å². The summed E-state index contributed by atoms with van der Waals surface area (Å²) in [6, 6.07) is 8.46. The van der Waals surface area contributed by atoms with Crippen LogP contribution >= 0.6 is 0 Å². The molecule has 0 aliphatic carbocycles. The van der Waals surface area contributed by atoms with Crippen LogP contribution in [0.4, 0.5) is 0 Å². The van der Waals surface area contributed by atoms with E-state index in [2.05, 4.69) is 65.9 Å². The second-order valence-corrected chi connectivity index (χ2v) is 6.15. The average molecular weight is 296 g/mol. The molecule has 0 radical (unpaired) electrons. The second kappa shape index (κ2) is 6.36. The van der Waals surface area contributed by atoms with Crippen molar-refractivity contribution in [1.29, 1.82) is 0 Å². The van der Waals surface area contributed by atoms with Crippen LogP contribution in [0.2, 0.25) is 0 Å². The Bertz CT molecular complexity index is 751. The molecule has 1 aromatic carbocycles. The maximum atomic E-state index is 4.55. The van der Waals surface area contributed by atoms with Crippen molar-refractivity contribution in [3.05, 3.63) is 53.5 Å². The summed E-state index contributed by atoms with van der Waals surface area (Å²) in [6.45, 7) is 6.23. The molecule has 0 spiro atoms. The Morgan fingerprint density at radius 3 is 2.86 bits per heavy atom. The summed E-state index contributed by atoms with van der Waals surface area (Å²) in [5, 5.41) is 9.42. The van der Waals surface area contributed by atoms with Crippen molar-refractivity contribution in [2.24, 2.45) is 7.05 Å². The Balaban J connectivity index is 1.58. The molecule has 0 aliphatic rings. The van der Waals surface area contributed by atoms with Crippen LogP contribution in [0.5, 0.6) is 0 Å². The van der Waals surface area contributed by atoms with E-state index < -0.39 is 0 Å². The summed E-state index contributed by atoms with van der Waals surface area (Å²) in [7, 11) is 1.99. The number of aromatic nitrogens is 3. The SMILES string of the molecule is CC(C)c1nn(C)cc1CNCCc1c[nH]c2ccccc12. The molecule has 0 aliphatic heterocycles. The summed E-state index contributed by atoms with van der Waals surface area (Å²) >= 11 is 0. The maximum absolute atomic E-state index is 4.55. The molecule has 4 heteroatoms. The molecule has 0 saturated heterocycles. The minimum atomic E-state index is 0.464. The van der Waals surface area contributed by atoms with Crippen LogP contribution in [0.1, 0.15) is 36.6 Å². The fourth-order valence-electron chi connectivity index (χ4n) is 2.96. The highest BCUT2D eigenvalue weighted by atomic mass is 15.3. The van der Waals surface area contributed by atoms with E-state index in [0.29, 0.717) is 5.92 Å². The fourth-order valence-corrected chi connectivity index (χ4v) is 2.96. The zero-order valence-corrected chi connectivity index (χ0v) is 13.6. The van der Waals surface area contributed by atoms with Gasteiger partial charge in [0, 0.05) is 42.5 Å². The predicted octanol–water partition coefficient (Wildman–Crippen LogP) is 3.36. The van der Waals surface area contributed by atoms with Gasteiger partial charge in [-0.15, -0.1) is 0 Å². The van der Waals surface area contributed by atoms with Crippen LogP contribution in [-0.4, -0.2) is 21.3 Å². The molecule has 0 bridgehead atoms. The lowest BCUT2D eigenvalue weighted by Crippen LogP contribution is -2.17. The number of aromatic amines is 1. The van der Waals surface area contributed by atoms with Gasteiger partial charge in [0.25, 0.3) is 0 Å². The molecule has 2 N–H and O–H groups in total. The van der Waals surface area contributed by atoms with Gasteiger partial charge < -0.3 is 10.3 Å². The average Bonchev–Trinajstić information content (AvgIpc) is 3.07. The van der Waals surface area contributed by atoms with Crippen LogP contribution in [0.3, 0.4) is 0 Å². The predicted molar refractivity (Wildman–Crippen MR) is 91.0 cm³/mol. The number of benzene rings is 1. The highest BCUT2D eigenvalue weighted by Crippen LogP contribution is 2.18. The molecule has 2 heterocycles. The number of hydrogen-bond donors (Lipinski definition) is 2. The molecule has 0 amide bonds. The molecule has 3 rings (SSSR count). The number of aryl methyl sites for hydroxylation is 1. The summed E-state index contributed by atoms with van der Waals surface area (Å²) in [5.74, 6) is 0.464. The van der Waals surface area contributed by atoms with Crippen molar-refractivity contribution >= 4 is 10.9 Å². The molecule has 3 aromatic rings. The number of fused-ring (bicyclic) bond motifs is 1. The molecule has 0 saturated carbocycles. The van der Waals surface area contributed by atoms with Crippen LogP contribution in [-0.2, 0) is 20.0 Å². The first-order valence-corrected chi connectivity index (χ1v) is 7.93. The van der Waals surface area contributed by atoms with E-state index in [1.807, 2.05) is 11.7 Å². The van der Waals surface area contributed by atoms with Gasteiger partial charge in [-0.05, 0) is 30.5 Å². The van der Waals surface area contributed by atoms with Crippen LogP contribution in [0.25, 0.3) is 10.9 Å². The Morgan fingerprint density at radius 1 is 1.23 bits per heavy atom. The standard InChI is InChI=1S/C18H24N4/c1-13(2)18-15(12-22(3)21-18)10-19-9-8-14-11-20-17-7-5-4-6-16(14)17/h4-7,11-13,19-20H,8-10H2,1-3H3. The molecule has 2 aromatic heterocycles. The molecule has 0 fully saturated rings. The van der Waals surface area contributed by atoms with Crippen molar-refractivity contribution in [2.75, 3.05) is 6.54 Å². The number of H-pyrrole nitrogens is 1. The van der Waals surface area contributed by atoms with E-state index in [1.165, 1.54) is 27.7 Å². The zero-order chi connectivity index (χ0) is 15.5. The number of hydrogen-bond acceptors (Lipinski definition) is 2. The third-order valence-electron chi connectivity index (χ3n) is 4.05. The third kappa shape index (κ3) is 3.07. The van der Waals surface area contributed by atoms with E-state index in [4.69, 9.17) is 0 Å². The van der Waals surface area contributed by atoms with E-state index in [9.17, 15) is 0 Å². The Kier molecular flexibility index (Phi) is 4.29. The lowest BCUT2D eigenvalue weighted by Gasteiger charge is -2.07. The minimum absolute atomic E-state index is 0.464. The van der Waals surface area contributed by atoms with Gasteiger partial charge in [-0.25, -0.2) is 0 Å². The Hall–Kier alpha value is -2.07. The fraction of sp³-hybridized carbons (Fsp3) is 0.389. The topological polar surface area (TPSA) is 45.6 Å². The van der Waals surface area contributed by atoms with E-state index in [1.54, 1.807) is 0 Å². The third-order valence-corrected chi connectivity index (χ3v) is 4.05. The van der Waals surface area contributed by atoms with Gasteiger partial charge in [-0.2, -0.15) is 5.10 Å². The number of nitrogens with zero attached hydrogens (tertiary/aromatic N) is 2. The van der Waals surface area contributed by atoms with E-state index in [0.717, 1.165) is 19.5 Å². The van der Waals surface area contributed by atoms with Crippen molar-refractivity contribution in [2.45, 2.75) is 32.7 Å². The summed E-state index contributed by atoms with van der Waals surface area (Å²) in [6.07, 6.45) is 5.27. The molecular formula is C18H24N4. The molecule has 0 unspecified atom stereocenters. The zero-order valence-electron chi connectivity index (χ0n) is 13.6. The van der Waals surface area contributed by atoms with Gasteiger partial charge >= 0.3 is 0 Å². The van der Waals surface area contributed by atoms with Crippen molar-refractivity contribution in [1.82, 2.24) is 20.1 Å². The lowest BCUT2D eigenvalue weighted by atomic mass is 10.1. The quantitative estimate of drug-likeness (QED) is 0.685. The Morgan fingerprint density at radius 2 is 2.05 bits per heavy atom. The number of rotatable bonds is 6. The lowest BCUT2D eigenvalue weighted by molar-refractivity contribution is 0.675. The first-order valence-electron chi connectivity index (χ1n) is 7.93. The summed E-state index contributed by atoms with van der Waals surface area (Å²) in [5.41, 5.74) is 5.09. The van der Waals surface area contributed by atoms with Crippen molar-refractivity contribution in [3.8, 4) is 0 Å². The number of para-hydroxylation sites is 1.